The van der Waals surface area contributed by atoms with Crippen LogP contribution in [-0.2, 0) is 6.18 Å². The third-order valence-electron chi connectivity index (χ3n) is 3.05. The molecule has 0 bridgehead atoms. The number of hydrogen-bond donors (Lipinski definition) is 1. The van der Waals surface area contributed by atoms with E-state index in [0.29, 0.717) is 0 Å². The van der Waals surface area contributed by atoms with Crippen molar-refractivity contribution in [2.24, 2.45) is 0 Å². The van der Waals surface area contributed by atoms with Gasteiger partial charge >= 0.3 is 17.1 Å². The second kappa shape index (κ2) is 6.77. The molecule has 0 radical (unpaired) electrons. The normalized spacial score (nSPS) is 12.8. The Bertz CT molecular complexity index is 848. The van der Waals surface area contributed by atoms with E-state index in [-0.39, 0.29) is 16.8 Å². The molecule has 0 saturated heterocycles. The van der Waals surface area contributed by atoms with E-state index >= 15 is 0 Å². The van der Waals surface area contributed by atoms with Crippen LogP contribution < -0.4 is 4.74 Å². The Kier molecular flexibility index (Phi) is 5.36. The Balaban J connectivity index is 2.40. The Morgan fingerprint density at radius 1 is 1.00 bits per heavy atom. The maximum Gasteiger partial charge on any atom is 0.475 e. The van der Waals surface area contributed by atoms with Gasteiger partial charge in [-0.25, -0.2) is 0 Å². The van der Waals surface area contributed by atoms with Gasteiger partial charge in [-0.05, 0) is 45.8 Å². The van der Waals surface area contributed by atoms with Gasteiger partial charge < -0.3 is 9.72 Å². The van der Waals surface area contributed by atoms with E-state index in [1.165, 1.54) is 15.9 Å². The number of halogens is 9. The SMILES string of the molecule is N#Cc1c(-c2ccc(OC(F)(F)C(F)(F)Br)cc2)[nH]c(C(F)(F)F)c1Br. The number of ether oxygens (including phenoxy) is 1. The lowest BCUT2D eigenvalue weighted by Crippen LogP contribution is -2.40. The van der Waals surface area contributed by atoms with Crippen molar-refractivity contribution in [3.05, 3.63) is 40.0 Å². The van der Waals surface area contributed by atoms with Gasteiger partial charge in [-0.1, -0.05) is 0 Å². The average Bonchev–Trinajstić information content (AvgIpc) is 2.83. The summed E-state index contributed by atoms with van der Waals surface area (Å²) in [6, 6.07) is 5.37. The standard InChI is InChI=1S/C14H5Br2F7N2O/c15-9-8(5-24)10(25-11(9)12(17,18)19)6-1-3-7(4-2-6)26-14(22,23)13(16,20)21/h1-4,25H. The van der Waals surface area contributed by atoms with Crippen molar-refractivity contribution < 1.29 is 35.5 Å². The van der Waals surface area contributed by atoms with Crippen LogP contribution in [0.1, 0.15) is 11.3 Å². The molecule has 0 aliphatic carbocycles. The summed E-state index contributed by atoms with van der Waals surface area (Å²) in [5.74, 6) is -0.655. The lowest BCUT2D eigenvalue weighted by molar-refractivity contribution is -0.266. The van der Waals surface area contributed by atoms with Gasteiger partial charge in [0.25, 0.3) is 0 Å². The second-order valence-corrected chi connectivity index (χ2v) is 6.60. The van der Waals surface area contributed by atoms with Gasteiger partial charge in [0.05, 0.1) is 15.7 Å². The average molecular weight is 510 g/mol. The molecular weight excluding hydrogens is 505 g/mol. The zero-order valence-electron chi connectivity index (χ0n) is 12.1. The van der Waals surface area contributed by atoms with Gasteiger partial charge in [0.1, 0.15) is 17.5 Å². The molecule has 1 N–H and O–H groups in total. The van der Waals surface area contributed by atoms with Crippen molar-refractivity contribution in [2.75, 3.05) is 0 Å². The number of aromatic nitrogens is 1. The summed E-state index contributed by atoms with van der Waals surface area (Å²) in [6.45, 7) is 0. The summed E-state index contributed by atoms with van der Waals surface area (Å²) in [6.07, 6.45) is -9.62. The highest BCUT2D eigenvalue weighted by atomic mass is 79.9. The monoisotopic (exact) mass is 508 g/mol. The van der Waals surface area contributed by atoms with E-state index in [1.807, 2.05) is 4.98 Å². The van der Waals surface area contributed by atoms with Crippen molar-refractivity contribution >= 4 is 31.9 Å². The molecule has 2 aromatic rings. The number of alkyl halides is 8. The molecule has 0 spiro atoms. The van der Waals surface area contributed by atoms with Crippen LogP contribution in [0.25, 0.3) is 11.3 Å². The van der Waals surface area contributed by atoms with Gasteiger partial charge in [0, 0.05) is 15.9 Å². The van der Waals surface area contributed by atoms with Gasteiger partial charge in [-0.15, -0.1) is 0 Å². The highest BCUT2D eigenvalue weighted by Gasteiger charge is 2.57. The zero-order chi connectivity index (χ0) is 19.9. The van der Waals surface area contributed by atoms with Crippen LogP contribution in [0.5, 0.6) is 5.75 Å². The fourth-order valence-electron chi connectivity index (χ4n) is 1.89. The van der Waals surface area contributed by atoms with Crippen molar-refractivity contribution in [2.45, 2.75) is 17.1 Å². The maximum atomic E-state index is 13.1. The van der Waals surface area contributed by atoms with Gasteiger partial charge in [-0.3, -0.25) is 0 Å². The van der Waals surface area contributed by atoms with Crippen LogP contribution >= 0.6 is 31.9 Å². The minimum Gasteiger partial charge on any atom is -0.427 e. The van der Waals surface area contributed by atoms with Crippen LogP contribution in [0.2, 0.25) is 0 Å². The molecule has 0 unspecified atom stereocenters. The molecule has 2 rings (SSSR count). The number of rotatable bonds is 4. The Hall–Kier alpha value is -1.74. The van der Waals surface area contributed by atoms with Crippen LogP contribution in [0.4, 0.5) is 30.7 Å². The van der Waals surface area contributed by atoms with E-state index in [2.05, 4.69) is 20.7 Å². The zero-order valence-corrected chi connectivity index (χ0v) is 15.2. The molecule has 140 valence electrons. The number of nitriles is 1. The molecule has 1 heterocycles. The molecule has 1 aromatic heterocycles. The first kappa shape index (κ1) is 20.6. The summed E-state index contributed by atoms with van der Waals surface area (Å²) in [5, 5.41) is 9.06. The van der Waals surface area contributed by atoms with Gasteiger partial charge in [0.15, 0.2) is 0 Å². The molecule has 12 heteroatoms. The molecule has 0 fully saturated rings. The highest BCUT2D eigenvalue weighted by Crippen LogP contribution is 2.42. The third-order valence-corrected chi connectivity index (χ3v) is 4.31. The number of H-pyrrole nitrogens is 1. The maximum absolute atomic E-state index is 13.1. The Morgan fingerprint density at radius 2 is 1.54 bits per heavy atom. The predicted molar refractivity (Wildman–Crippen MR) is 83.1 cm³/mol. The minimum absolute atomic E-state index is 0.0269. The van der Waals surface area contributed by atoms with E-state index in [1.54, 1.807) is 6.07 Å². The Labute approximate surface area is 158 Å². The summed E-state index contributed by atoms with van der Waals surface area (Å²) in [7, 11) is 0. The molecule has 26 heavy (non-hydrogen) atoms. The number of aromatic amines is 1. The topological polar surface area (TPSA) is 48.8 Å². The van der Waals surface area contributed by atoms with Crippen LogP contribution in [0.15, 0.2) is 28.7 Å². The molecule has 0 amide bonds. The van der Waals surface area contributed by atoms with E-state index < -0.39 is 33.0 Å². The number of benzene rings is 1. The fraction of sp³-hybridized carbons (Fsp3) is 0.214. The van der Waals surface area contributed by atoms with Gasteiger partial charge in [-0.2, -0.15) is 36.0 Å². The fourth-order valence-corrected chi connectivity index (χ4v) is 2.58. The van der Waals surface area contributed by atoms with Gasteiger partial charge in [0.2, 0.25) is 0 Å². The third kappa shape index (κ3) is 3.98. The summed E-state index contributed by atoms with van der Waals surface area (Å²) < 4.78 is 93.8. The van der Waals surface area contributed by atoms with Crippen molar-refractivity contribution in [3.8, 4) is 23.1 Å². The van der Waals surface area contributed by atoms with E-state index in [9.17, 15) is 30.7 Å². The molecule has 0 aliphatic heterocycles. The van der Waals surface area contributed by atoms with Crippen molar-refractivity contribution in [1.82, 2.24) is 4.98 Å². The first-order valence-corrected chi connectivity index (χ1v) is 7.99. The minimum atomic E-state index is -4.86. The summed E-state index contributed by atoms with van der Waals surface area (Å²) >= 11 is 4.18. The lowest BCUT2D eigenvalue weighted by atomic mass is 10.1. The molecular formula is C14H5Br2F7N2O. The number of hydrogen-bond acceptors (Lipinski definition) is 2. The first-order valence-electron chi connectivity index (χ1n) is 6.40. The number of nitrogens with one attached hydrogen (secondary N) is 1. The van der Waals surface area contributed by atoms with E-state index in [4.69, 9.17) is 5.26 Å². The second-order valence-electron chi connectivity index (χ2n) is 4.81. The molecule has 3 nitrogen and oxygen atoms in total. The Morgan fingerprint density at radius 3 is 1.96 bits per heavy atom. The summed E-state index contributed by atoms with van der Waals surface area (Å²) in [5.41, 5.74) is -1.76. The summed E-state index contributed by atoms with van der Waals surface area (Å²) in [4.78, 5) is -2.59. The lowest BCUT2D eigenvalue weighted by Gasteiger charge is -2.21. The predicted octanol–water partition coefficient (Wildman–Crippen LogP) is 6.29. The largest absolute Gasteiger partial charge is 0.475 e. The van der Waals surface area contributed by atoms with Crippen molar-refractivity contribution in [1.29, 1.82) is 5.26 Å². The molecule has 1 aromatic carbocycles. The highest BCUT2D eigenvalue weighted by molar-refractivity contribution is 9.10. The first-order chi connectivity index (χ1) is 11.8. The molecule has 0 atom stereocenters. The number of nitrogens with zero attached hydrogens (tertiary/aromatic N) is 1. The van der Waals surface area contributed by atoms with Crippen LogP contribution in [0, 0.1) is 11.3 Å². The van der Waals surface area contributed by atoms with Crippen LogP contribution in [0.3, 0.4) is 0 Å². The van der Waals surface area contributed by atoms with Crippen LogP contribution in [-0.4, -0.2) is 15.9 Å². The van der Waals surface area contributed by atoms with Crippen molar-refractivity contribution in [3.63, 3.8) is 0 Å². The molecule has 0 aliphatic rings. The smallest absolute Gasteiger partial charge is 0.427 e. The van der Waals surface area contributed by atoms with E-state index in [0.717, 1.165) is 24.3 Å². The quantitative estimate of drug-likeness (QED) is 0.389. The molecule has 0 saturated carbocycles.